The van der Waals surface area contributed by atoms with E-state index in [1.54, 1.807) is 48.5 Å². The molecule has 0 aliphatic carbocycles. The van der Waals surface area contributed by atoms with Crippen molar-refractivity contribution in [3.05, 3.63) is 100.0 Å². The molecule has 0 atom stereocenters. The minimum absolute atomic E-state index is 0.117. The van der Waals surface area contributed by atoms with Gasteiger partial charge in [-0.25, -0.2) is 9.82 Å². The molecule has 5 nitrogen and oxygen atoms in total. The number of furan rings is 1. The van der Waals surface area contributed by atoms with Crippen molar-refractivity contribution in [3.63, 3.8) is 0 Å². The lowest BCUT2D eigenvalue weighted by Crippen LogP contribution is -2.16. The second-order valence-corrected chi connectivity index (χ2v) is 7.36. The number of carbonyl (C=O) groups excluding carboxylic acids is 1. The zero-order chi connectivity index (χ0) is 20.9. The van der Waals surface area contributed by atoms with Crippen LogP contribution in [0, 0.1) is 5.82 Å². The van der Waals surface area contributed by atoms with Gasteiger partial charge in [0, 0.05) is 15.4 Å². The van der Waals surface area contributed by atoms with E-state index in [0.29, 0.717) is 16.9 Å². The number of amides is 1. The molecule has 4 rings (SSSR count). The number of hydrogen-bond donors (Lipinski definition) is 1. The number of nitrogens with zero attached hydrogens (tertiary/aromatic N) is 1. The van der Waals surface area contributed by atoms with Crippen LogP contribution in [0.5, 0.6) is 5.75 Å². The SMILES string of the molecule is O=C(N/N=C/c1cccc(OCc2ccccc2F)c1)c1cc2cc(Br)ccc2o1. The fraction of sp³-hybridized carbons (Fsp3) is 0.0435. The zero-order valence-electron chi connectivity index (χ0n) is 15.6. The topological polar surface area (TPSA) is 63.8 Å². The Balaban J connectivity index is 1.38. The highest BCUT2D eigenvalue weighted by atomic mass is 79.9. The Hall–Kier alpha value is -3.45. The van der Waals surface area contributed by atoms with E-state index >= 15 is 0 Å². The fourth-order valence-corrected chi connectivity index (χ4v) is 3.19. The summed E-state index contributed by atoms with van der Waals surface area (Å²) in [4.78, 5) is 12.3. The standard InChI is InChI=1S/C23H16BrFN2O3/c24-18-8-9-21-17(11-18)12-22(30-21)23(28)27-26-13-15-4-3-6-19(10-15)29-14-16-5-1-2-7-20(16)25/h1-13H,14H2,(H,27,28)/b26-13+. The molecule has 0 aliphatic heterocycles. The quantitative estimate of drug-likeness (QED) is 0.293. The maximum atomic E-state index is 13.7. The maximum Gasteiger partial charge on any atom is 0.307 e. The Morgan fingerprint density at radius 1 is 1.10 bits per heavy atom. The zero-order valence-corrected chi connectivity index (χ0v) is 17.2. The average Bonchev–Trinajstić information content (AvgIpc) is 3.17. The van der Waals surface area contributed by atoms with Gasteiger partial charge in [0.05, 0.1) is 6.21 Å². The van der Waals surface area contributed by atoms with E-state index in [1.165, 1.54) is 12.3 Å². The molecule has 7 heteroatoms. The lowest BCUT2D eigenvalue weighted by Gasteiger charge is -2.07. The Labute approximate surface area is 180 Å². The van der Waals surface area contributed by atoms with Gasteiger partial charge < -0.3 is 9.15 Å². The van der Waals surface area contributed by atoms with Gasteiger partial charge in [-0.1, -0.05) is 46.3 Å². The molecule has 1 heterocycles. The first-order valence-corrected chi connectivity index (χ1v) is 9.86. The molecule has 0 spiro atoms. The van der Waals surface area contributed by atoms with Crippen LogP contribution in [0.1, 0.15) is 21.7 Å². The monoisotopic (exact) mass is 466 g/mol. The van der Waals surface area contributed by atoms with Crippen molar-refractivity contribution in [2.45, 2.75) is 6.61 Å². The van der Waals surface area contributed by atoms with Gasteiger partial charge in [0.2, 0.25) is 0 Å². The first-order valence-electron chi connectivity index (χ1n) is 9.07. The molecule has 30 heavy (non-hydrogen) atoms. The van der Waals surface area contributed by atoms with E-state index in [2.05, 4.69) is 26.5 Å². The van der Waals surface area contributed by atoms with Gasteiger partial charge in [-0.05, 0) is 48.0 Å². The minimum atomic E-state index is -0.453. The highest BCUT2D eigenvalue weighted by Crippen LogP contribution is 2.23. The van der Waals surface area contributed by atoms with Crippen LogP contribution in [0.3, 0.4) is 0 Å². The van der Waals surface area contributed by atoms with Crippen molar-refractivity contribution in [1.82, 2.24) is 5.43 Å². The van der Waals surface area contributed by atoms with Crippen molar-refractivity contribution in [3.8, 4) is 5.75 Å². The number of rotatable bonds is 6. The molecular weight excluding hydrogens is 451 g/mol. The van der Waals surface area contributed by atoms with Crippen molar-refractivity contribution in [2.24, 2.45) is 5.10 Å². The minimum Gasteiger partial charge on any atom is -0.489 e. The van der Waals surface area contributed by atoms with Crippen LogP contribution in [-0.2, 0) is 6.61 Å². The molecule has 1 amide bonds. The summed E-state index contributed by atoms with van der Waals surface area (Å²) in [6.45, 7) is 0.117. The molecule has 150 valence electrons. The average molecular weight is 467 g/mol. The Morgan fingerprint density at radius 2 is 1.97 bits per heavy atom. The summed E-state index contributed by atoms with van der Waals surface area (Å²) in [5.74, 6) is -0.0278. The van der Waals surface area contributed by atoms with Gasteiger partial charge in [0.15, 0.2) is 5.76 Å². The van der Waals surface area contributed by atoms with Crippen LogP contribution in [0.2, 0.25) is 0 Å². The molecule has 0 saturated heterocycles. The molecule has 0 aliphatic rings. The third-order valence-corrected chi connectivity index (χ3v) is 4.79. The Morgan fingerprint density at radius 3 is 2.83 bits per heavy atom. The van der Waals surface area contributed by atoms with Crippen LogP contribution in [0.15, 0.2) is 86.8 Å². The summed E-state index contributed by atoms with van der Waals surface area (Å²) in [5.41, 5.74) is 4.25. The number of benzene rings is 3. The van der Waals surface area contributed by atoms with E-state index in [1.807, 2.05) is 18.2 Å². The van der Waals surface area contributed by atoms with E-state index in [9.17, 15) is 9.18 Å². The predicted octanol–water partition coefficient (Wildman–Crippen LogP) is 5.68. The van der Waals surface area contributed by atoms with Crippen LogP contribution >= 0.6 is 15.9 Å². The number of halogens is 2. The summed E-state index contributed by atoms with van der Waals surface area (Å²) < 4.78 is 25.8. The van der Waals surface area contributed by atoms with E-state index in [4.69, 9.17) is 9.15 Å². The first kappa shape index (κ1) is 19.8. The fourth-order valence-electron chi connectivity index (χ4n) is 2.81. The highest BCUT2D eigenvalue weighted by Gasteiger charge is 2.11. The van der Waals surface area contributed by atoms with Crippen LogP contribution in [-0.4, -0.2) is 12.1 Å². The molecule has 0 fully saturated rings. The molecule has 3 aromatic carbocycles. The van der Waals surface area contributed by atoms with Crippen molar-refractivity contribution >= 4 is 39.0 Å². The van der Waals surface area contributed by atoms with E-state index in [0.717, 1.165) is 15.4 Å². The van der Waals surface area contributed by atoms with Gasteiger partial charge in [-0.3, -0.25) is 4.79 Å². The molecule has 0 unspecified atom stereocenters. The second kappa shape index (κ2) is 8.92. The summed E-state index contributed by atoms with van der Waals surface area (Å²) in [7, 11) is 0. The molecule has 0 radical (unpaired) electrons. The van der Waals surface area contributed by atoms with Crippen LogP contribution < -0.4 is 10.2 Å². The van der Waals surface area contributed by atoms with Crippen LogP contribution in [0.25, 0.3) is 11.0 Å². The first-order chi connectivity index (χ1) is 14.6. The van der Waals surface area contributed by atoms with E-state index < -0.39 is 5.91 Å². The van der Waals surface area contributed by atoms with Crippen molar-refractivity contribution in [2.75, 3.05) is 0 Å². The summed E-state index contributed by atoms with van der Waals surface area (Å²) in [6.07, 6.45) is 1.49. The molecule has 1 aromatic heterocycles. The van der Waals surface area contributed by atoms with Gasteiger partial charge in [-0.15, -0.1) is 0 Å². The van der Waals surface area contributed by atoms with Crippen molar-refractivity contribution < 1.29 is 18.3 Å². The number of ether oxygens (including phenoxy) is 1. The van der Waals surface area contributed by atoms with Crippen LogP contribution in [0.4, 0.5) is 4.39 Å². The highest BCUT2D eigenvalue weighted by molar-refractivity contribution is 9.10. The maximum absolute atomic E-state index is 13.7. The van der Waals surface area contributed by atoms with Gasteiger partial charge in [0.1, 0.15) is 23.8 Å². The lowest BCUT2D eigenvalue weighted by molar-refractivity contribution is 0.0929. The molecule has 0 saturated carbocycles. The van der Waals surface area contributed by atoms with Gasteiger partial charge >= 0.3 is 5.91 Å². The third-order valence-electron chi connectivity index (χ3n) is 4.29. The van der Waals surface area contributed by atoms with Gasteiger partial charge in [0.25, 0.3) is 0 Å². The summed E-state index contributed by atoms with van der Waals surface area (Å²) in [6, 6.07) is 20.7. The van der Waals surface area contributed by atoms with Crippen molar-refractivity contribution in [1.29, 1.82) is 0 Å². The summed E-state index contributed by atoms with van der Waals surface area (Å²) >= 11 is 3.39. The Bertz CT molecular complexity index is 1240. The normalized spacial score (nSPS) is 11.1. The molecule has 4 aromatic rings. The number of carbonyl (C=O) groups is 1. The number of fused-ring (bicyclic) bond motifs is 1. The van der Waals surface area contributed by atoms with Gasteiger partial charge in [-0.2, -0.15) is 5.10 Å². The predicted molar refractivity (Wildman–Crippen MR) is 116 cm³/mol. The number of nitrogens with one attached hydrogen (secondary N) is 1. The smallest absolute Gasteiger partial charge is 0.307 e. The number of hydrazone groups is 1. The number of hydrogen-bond acceptors (Lipinski definition) is 4. The summed E-state index contributed by atoms with van der Waals surface area (Å²) in [5, 5.41) is 4.79. The second-order valence-electron chi connectivity index (χ2n) is 6.44. The van der Waals surface area contributed by atoms with E-state index in [-0.39, 0.29) is 18.2 Å². The largest absolute Gasteiger partial charge is 0.489 e. The third kappa shape index (κ3) is 4.75. The molecule has 1 N–H and O–H groups in total. The molecule has 0 bridgehead atoms. The Kier molecular flexibility index (Phi) is 5.90. The lowest BCUT2D eigenvalue weighted by atomic mass is 10.2. The molecular formula is C23H16BrFN2O3.